The van der Waals surface area contributed by atoms with Crippen LogP contribution >= 0.6 is 27.3 Å². The fraction of sp³-hybridized carbons (Fsp3) is 0.167. The molecule has 0 spiro atoms. The molecule has 2 N–H and O–H groups in total. The van der Waals surface area contributed by atoms with Gasteiger partial charge in [0.2, 0.25) is 0 Å². The Hall–Kier alpha value is -1.40. The minimum absolute atomic E-state index is 0.0451. The smallest absolute Gasteiger partial charge is 0.255 e. The number of carbonyl (C=O) groups excluding carboxylic acids is 1. The summed E-state index contributed by atoms with van der Waals surface area (Å²) in [6.45, 7) is 2.27. The van der Waals surface area contributed by atoms with E-state index in [2.05, 4.69) is 26.2 Å². The Morgan fingerprint density at radius 3 is 2.94 bits per heavy atom. The molecule has 0 bridgehead atoms. The van der Waals surface area contributed by atoms with Gasteiger partial charge in [-0.1, -0.05) is 15.9 Å². The molecule has 0 aliphatic rings. The molecule has 0 unspecified atom stereocenters. The zero-order valence-electron chi connectivity index (χ0n) is 9.61. The lowest BCUT2D eigenvalue weighted by molar-refractivity contribution is 0.0948. The van der Waals surface area contributed by atoms with Crippen LogP contribution in [0.3, 0.4) is 0 Å². The van der Waals surface area contributed by atoms with Crippen LogP contribution in [-0.2, 0) is 6.54 Å². The van der Waals surface area contributed by atoms with E-state index in [1.807, 2.05) is 12.3 Å². The molecule has 0 fully saturated rings. The number of aryl methyl sites for hydroxylation is 1. The highest BCUT2D eigenvalue weighted by molar-refractivity contribution is 9.10. The van der Waals surface area contributed by atoms with Gasteiger partial charge < -0.3 is 10.4 Å². The van der Waals surface area contributed by atoms with Crippen molar-refractivity contribution in [2.45, 2.75) is 13.5 Å². The van der Waals surface area contributed by atoms with Crippen LogP contribution in [0.25, 0.3) is 0 Å². The summed E-state index contributed by atoms with van der Waals surface area (Å²) < 4.78 is 0.728. The van der Waals surface area contributed by atoms with Crippen molar-refractivity contribution in [2.75, 3.05) is 0 Å². The standard InChI is InChI=1S/C12H11BrN2O2S/c1-7-15-9(6-18-7)5-14-12(17)10-3-2-8(13)4-11(10)16/h2-4,6,16H,5H2,1H3,(H,14,17). The van der Waals surface area contributed by atoms with Gasteiger partial charge in [-0.25, -0.2) is 4.98 Å². The van der Waals surface area contributed by atoms with Gasteiger partial charge in [0.1, 0.15) is 5.75 Å². The third kappa shape index (κ3) is 3.08. The minimum Gasteiger partial charge on any atom is -0.507 e. The van der Waals surface area contributed by atoms with E-state index in [4.69, 9.17) is 0 Å². The number of halogens is 1. The van der Waals surface area contributed by atoms with Crippen LogP contribution < -0.4 is 5.32 Å². The largest absolute Gasteiger partial charge is 0.507 e. The average Bonchev–Trinajstić information content (AvgIpc) is 2.72. The molecule has 0 aliphatic carbocycles. The number of hydrogen-bond acceptors (Lipinski definition) is 4. The second-order valence-corrected chi connectivity index (χ2v) is 5.68. The maximum absolute atomic E-state index is 11.8. The third-order valence-corrected chi connectivity index (χ3v) is 3.62. The molecule has 0 saturated heterocycles. The Balaban J connectivity index is 2.03. The Bertz CT molecular complexity index is 583. The van der Waals surface area contributed by atoms with Gasteiger partial charge in [-0.2, -0.15) is 0 Å². The van der Waals surface area contributed by atoms with E-state index >= 15 is 0 Å². The van der Waals surface area contributed by atoms with Gasteiger partial charge in [0, 0.05) is 9.85 Å². The maximum Gasteiger partial charge on any atom is 0.255 e. The topological polar surface area (TPSA) is 62.2 Å². The van der Waals surface area contributed by atoms with Crippen LogP contribution in [0.4, 0.5) is 0 Å². The molecule has 1 heterocycles. The molecule has 0 saturated carbocycles. The van der Waals surface area contributed by atoms with E-state index in [0.717, 1.165) is 15.2 Å². The Morgan fingerprint density at radius 2 is 2.33 bits per heavy atom. The Kier molecular flexibility index (Phi) is 3.98. The Labute approximate surface area is 117 Å². The number of thiazole rings is 1. The molecule has 1 aromatic heterocycles. The normalized spacial score (nSPS) is 10.3. The number of rotatable bonds is 3. The minimum atomic E-state index is -0.314. The Morgan fingerprint density at radius 1 is 1.56 bits per heavy atom. The van der Waals surface area contributed by atoms with E-state index in [0.29, 0.717) is 6.54 Å². The van der Waals surface area contributed by atoms with Crippen molar-refractivity contribution in [3.8, 4) is 5.75 Å². The number of nitrogens with zero attached hydrogens (tertiary/aromatic N) is 1. The first-order valence-electron chi connectivity index (χ1n) is 5.24. The molecule has 0 radical (unpaired) electrons. The monoisotopic (exact) mass is 326 g/mol. The number of aromatic hydroxyl groups is 1. The predicted molar refractivity (Wildman–Crippen MR) is 73.8 cm³/mol. The maximum atomic E-state index is 11.8. The van der Waals surface area contributed by atoms with Crippen LogP contribution in [-0.4, -0.2) is 16.0 Å². The first-order valence-corrected chi connectivity index (χ1v) is 6.91. The van der Waals surface area contributed by atoms with Crippen molar-refractivity contribution in [1.82, 2.24) is 10.3 Å². The average molecular weight is 327 g/mol. The predicted octanol–water partition coefficient (Wildman–Crippen LogP) is 2.85. The number of hydrogen-bond donors (Lipinski definition) is 2. The fourth-order valence-corrected chi connectivity index (χ4v) is 2.41. The highest BCUT2D eigenvalue weighted by atomic mass is 79.9. The summed E-state index contributed by atoms with van der Waals surface area (Å²) in [5.74, 6) is -0.359. The number of nitrogens with one attached hydrogen (secondary N) is 1. The van der Waals surface area contributed by atoms with Gasteiger partial charge in [0.05, 0.1) is 22.8 Å². The zero-order chi connectivity index (χ0) is 13.1. The number of aromatic nitrogens is 1. The van der Waals surface area contributed by atoms with Crippen molar-refractivity contribution in [3.63, 3.8) is 0 Å². The summed E-state index contributed by atoms with van der Waals surface area (Å²) in [4.78, 5) is 16.1. The molecule has 1 aromatic carbocycles. The van der Waals surface area contributed by atoms with E-state index < -0.39 is 0 Å². The van der Waals surface area contributed by atoms with Gasteiger partial charge in [-0.3, -0.25) is 4.79 Å². The molecule has 6 heteroatoms. The van der Waals surface area contributed by atoms with Crippen molar-refractivity contribution >= 4 is 33.2 Å². The van der Waals surface area contributed by atoms with Gasteiger partial charge in [-0.15, -0.1) is 11.3 Å². The first kappa shape index (κ1) is 13.0. The molecular weight excluding hydrogens is 316 g/mol. The van der Waals surface area contributed by atoms with E-state index in [1.165, 1.54) is 17.4 Å². The lowest BCUT2D eigenvalue weighted by atomic mass is 10.2. The van der Waals surface area contributed by atoms with Crippen molar-refractivity contribution in [3.05, 3.63) is 44.3 Å². The van der Waals surface area contributed by atoms with Gasteiger partial charge >= 0.3 is 0 Å². The summed E-state index contributed by atoms with van der Waals surface area (Å²) in [5.41, 5.74) is 1.08. The quantitative estimate of drug-likeness (QED) is 0.911. The van der Waals surface area contributed by atoms with E-state index in [9.17, 15) is 9.90 Å². The molecular formula is C12H11BrN2O2S. The summed E-state index contributed by atoms with van der Waals surface area (Å²) in [7, 11) is 0. The number of benzene rings is 1. The summed E-state index contributed by atoms with van der Waals surface area (Å²) in [6.07, 6.45) is 0. The lowest BCUT2D eigenvalue weighted by Gasteiger charge is -2.05. The molecule has 18 heavy (non-hydrogen) atoms. The molecule has 2 aromatic rings. The highest BCUT2D eigenvalue weighted by Gasteiger charge is 2.11. The molecule has 0 atom stereocenters. The molecule has 1 amide bonds. The zero-order valence-corrected chi connectivity index (χ0v) is 12.0. The van der Waals surface area contributed by atoms with Crippen molar-refractivity contribution < 1.29 is 9.90 Å². The third-order valence-electron chi connectivity index (χ3n) is 2.30. The summed E-state index contributed by atoms with van der Waals surface area (Å²) in [6, 6.07) is 4.77. The molecule has 2 rings (SSSR count). The lowest BCUT2D eigenvalue weighted by Crippen LogP contribution is -2.23. The molecule has 4 nitrogen and oxygen atoms in total. The number of phenolic OH excluding ortho intramolecular Hbond substituents is 1. The van der Waals surface area contributed by atoms with Gasteiger partial charge in [0.15, 0.2) is 0 Å². The van der Waals surface area contributed by atoms with E-state index in [-0.39, 0.29) is 17.2 Å². The first-order chi connectivity index (χ1) is 8.56. The summed E-state index contributed by atoms with van der Waals surface area (Å²) in [5, 5.41) is 15.2. The number of amides is 1. The van der Waals surface area contributed by atoms with Crippen LogP contribution in [0.5, 0.6) is 5.75 Å². The van der Waals surface area contributed by atoms with Crippen molar-refractivity contribution in [2.24, 2.45) is 0 Å². The second-order valence-electron chi connectivity index (χ2n) is 3.70. The summed E-state index contributed by atoms with van der Waals surface area (Å²) >= 11 is 4.76. The van der Waals surface area contributed by atoms with Crippen LogP contribution in [0.15, 0.2) is 28.1 Å². The molecule has 94 valence electrons. The van der Waals surface area contributed by atoms with Gasteiger partial charge in [0.25, 0.3) is 5.91 Å². The van der Waals surface area contributed by atoms with Crippen LogP contribution in [0.2, 0.25) is 0 Å². The SMILES string of the molecule is Cc1nc(CNC(=O)c2ccc(Br)cc2O)cs1. The fourth-order valence-electron chi connectivity index (χ4n) is 1.45. The highest BCUT2D eigenvalue weighted by Crippen LogP contribution is 2.22. The van der Waals surface area contributed by atoms with Gasteiger partial charge in [-0.05, 0) is 25.1 Å². The van der Waals surface area contributed by atoms with Crippen LogP contribution in [0, 0.1) is 6.92 Å². The molecule has 0 aliphatic heterocycles. The number of carbonyl (C=O) groups is 1. The van der Waals surface area contributed by atoms with E-state index in [1.54, 1.807) is 12.1 Å². The number of phenols is 1. The van der Waals surface area contributed by atoms with Crippen molar-refractivity contribution in [1.29, 1.82) is 0 Å². The van der Waals surface area contributed by atoms with Crippen LogP contribution in [0.1, 0.15) is 21.1 Å². The second kappa shape index (κ2) is 5.49.